The standard InChI is InChI=1S/C15H21NO/c1-2-11-3-5-12(6-4-11)10-16-14-9-13-7-8-15(14)17-13/h3-6,13-16H,2,7-10H2,1H3. The minimum absolute atomic E-state index is 0.481. The fraction of sp³-hybridized carbons (Fsp3) is 0.600. The topological polar surface area (TPSA) is 21.3 Å². The third-order valence-corrected chi connectivity index (χ3v) is 4.11. The van der Waals surface area contributed by atoms with E-state index in [4.69, 9.17) is 4.74 Å². The van der Waals surface area contributed by atoms with Crippen LogP contribution in [0.4, 0.5) is 0 Å². The second-order valence-electron chi connectivity index (χ2n) is 5.27. The SMILES string of the molecule is CCc1ccc(CNC2CC3CCC2O3)cc1. The highest BCUT2D eigenvalue weighted by Crippen LogP contribution is 2.34. The molecule has 1 N–H and O–H groups in total. The first-order valence-corrected chi connectivity index (χ1v) is 6.82. The van der Waals surface area contributed by atoms with Gasteiger partial charge in [0.25, 0.3) is 0 Å². The molecule has 1 aromatic rings. The van der Waals surface area contributed by atoms with E-state index in [1.165, 1.54) is 30.4 Å². The van der Waals surface area contributed by atoms with Crippen LogP contribution in [-0.4, -0.2) is 18.2 Å². The summed E-state index contributed by atoms with van der Waals surface area (Å²) in [6, 6.07) is 9.52. The van der Waals surface area contributed by atoms with Gasteiger partial charge in [-0.25, -0.2) is 0 Å². The minimum atomic E-state index is 0.481. The van der Waals surface area contributed by atoms with Crippen LogP contribution in [0, 0.1) is 0 Å². The molecule has 0 aliphatic carbocycles. The molecule has 92 valence electrons. The largest absolute Gasteiger partial charge is 0.373 e. The Balaban J connectivity index is 1.53. The van der Waals surface area contributed by atoms with Gasteiger partial charge in [0.05, 0.1) is 12.2 Å². The lowest BCUT2D eigenvalue weighted by Crippen LogP contribution is -2.36. The summed E-state index contributed by atoms with van der Waals surface area (Å²) < 4.78 is 5.85. The van der Waals surface area contributed by atoms with E-state index < -0.39 is 0 Å². The molecule has 2 bridgehead atoms. The average molecular weight is 231 g/mol. The van der Waals surface area contributed by atoms with Crippen molar-refractivity contribution in [3.05, 3.63) is 35.4 Å². The predicted molar refractivity (Wildman–Crippen MR) is 69.0 cm³/mol. The molecule has 2 heterocycles. The van der Waals surface area contributed by atoms with E-state index in [9.17, 15) is 0 Å². The quantitative estimate of drug-likeness (QED) is 0.860. The van der Waals surface area contributed by atoms with Crippen LogP contribution in [0.3, 0.4) is 0 Å². The van der Waals surface area contributed by atoms with Gasteiger partial charge >= 0.3 is 0 Å². The highest BCUT2D eigenvalue weighted by Gasteiger charge is 2.40. The summed E-state index contributed by atoms with van der Waals surface area (Å²) in [7, 11) is 0. The molecule has 17 heavy (non-hydrogen) atoms. The normalized spacial score (nSPS) is 31.0. The molecule has 0 radical (unpaired) electrons. The zero-order valence-corrected chi connectivity index (χ0v) is 10.5. The van der Waals surface area contributed by atoms with Crippen molar-refractivity contribution in [1.29, 1.82) is 0 Å². The fourth-order valence-electron chi connectivity index (χ4n) is 2.99. The van der Waals surface area contributed by atoms with Gasteiger partial charge in [-0.3, -0.25) is 0 Å². The first kappa shape index (κ1) is 11.2. The molecule has 2 saturated heterocycles. The molecule has 1 aromatic carbocycles. The van der Waals surface area contributed by atoms with E-state index in [1.807, 2.05) is 0 Å². The van der Waals surface area contributed by atoms with Gasteiger partial charge in [-0.15, -0.1) is 0 Å². The Morgan fingerprint density at radius 1 is 1.18 bits per heavy atom. The Morgan fingerprint density at radius 2 is 1.94 bits per heavy atom. The smallest absolute Gasteiger partial charge is 0.0733 e. The summed E-state index contributed by atoms with van der Waals surface area (Å²) in [5, 5.41) is 3.64. The van der Waals surface area contributed by atoms with Crippen molar-refractivity contribution in [1.82, 2.24) is 5.32 Å². The number of fused-ring (bicyclic) bond motifs is 2. The highest BCUT2D eigenvalue weighted by atomic mass is 16.5. The number of benzene rings is 1. The maximum absolute atomic E-state index is 5.85. The zero-order chi connectivity index (χ0) is 11.7. The van der Waals surface area contributed by atoms with Crippen LogP contribution in [0.1, 0.15) is 37.3 Å². The molecule has 3 rings (SSSR count). The van der Waals surface area contributed by atoms with Crippen LogP contribution in [0.5, 0.6) is 0 Å². The van der Waals surface area contributed by atoms with Gasteiger partial charge in [-0.1, -0.05) is 31.2 Å². The van der Waals surface area contributed by atoms with Crippen molar-refractivity contribution >= 4 is 0 Å². The molecule has 0 spiro atoms. The molecular weight excluding hydrogens is 210 g/mol. The van der Waals surface area contributed by atoms with Crippen LogP contribution in [-0.2, 0) is 17.7 Å². The Morgan fingerprint density at radius 3 is 2.53 bits per heavy atom. The monoisotopic (exact) mass is 231 g/mol. The Kier molecular flexibility index (Phi) is 3.17. The molecule has 0 amide bonds. The van der Waals surface area contributed by atoms with Crippen LogP contribution < -0.4 is 5.32 Å². The van der Waals surface area contributed by atoms with Gasteiger partial charge in [0, 0.05) is 12.6 Å². The summed E-state index contributed by atoms with van der Waals surface area (Å²) in [5.41, 5.74) is 2.79. The summed E-state index contributed by atoms with van der Waals surface area (Å²) in [6.45, 7) is 3.17. The van der Waals surface area contributed by atoms with Crippen molar-refractivity contribution in [2.24, 2.45) is 0 Å². The molecule has 0 aromatic heterocycles. The lowest BCUT2D eigenvalue weighted by Gasteiger charge is -2.20. The number of hydrogen-bond donors (Lipinski definition) is 1. The molecule has 3 atom stereocenters. The lowest BCUT2D eigenvalue weighted by molar-refractivity contribution is 0.0973. The second kappa shape index (κ2) is 4.79. The molecule has 2 heteroatoms. The first-order valence-electron chi connectivity index (χ1n) is 6.82. The summed E-state index contributed by atoms with van der Waals surface area (Å²) in [5.74, 6) is 0. The van der Waals surface area contributed by atoms with Crippen LogP contribution in [0.25, 0.3) is 0 Å². The maximum Gasteiger partial charge on any atom is 0.0733 e. The van der Waals surface area contributed by atoms with Crippen molar-refractivity contribution in [2.75, 3.05) is 0 Å². The van der Waals surface area contributed by atoms with Crippen molar-refractivity contribution in [2.45, 2.75) is 57.4 Å². The highest BCUT2D eigenvalue weighted by molar-refractivity contribution is 5.22. The lowest BCUT2D eigenvalue weighted by atomic mass is 9.95. The van der Waals surface area contributed by atoms with Gasteiger partial charge < -0.3 is 10.1 Å². The third kappa shape index (κ3) is 2.38. The molecule has 2 fully saturated rings. The van der Waals surface area contributed by atoms with Crippen molar-refractivity contribution in [3.63, 3.8) is 0 Å². The zero-order valence-electron chi connectivity index (χ0n) is 10.5. The van der Waals surface area contributed by atoms with E-state index >= 15 is 0 Å². The molecule has 2 nitrogen and oxygen atoms in total. The molecule has 3 unspecified atom stereocenters. The van der Waals surface area contributed by atoms with Gasteiger partial charge in [0.15, 0.2) is 0 Å². The molecular formula is C15H21NO. The van der Waals surface area contributed by atoms with Crippen LogP contribution in [0.2, 0.25) is 0 Å². The number of ether oxygens (including phenoxy) is 1. The fourth-order valence-corrected chi connectivity index (χ4v) is 2.99. The first-order chi connectivity index (χ1) is 8.35. The maximum atomic E-state index is 5.85. The van der Waals surface area contributed by atoms with E-state index in [0.717, 1.165) is 13.0 Å². The van der Waals surface area contributed by atoms with Crippen LogP contribution >= 0.6 is 0 Å². The number of hydrogen-bond acceptors (Lipinski definition) is 2. The summed E-state index contributed by atoms with van der Waals surface area (Å²) in [6.07, 6.45) is 5.87. The third-order valence-electron chi connectivity index (χ3n) is 4.11. The molecule has 2 aliphatic rings. The Hall–Kier alpha value is -0.860. The second-order valence-corrected chi connectivity index (χ2v) is 5.27. The number of aryl methyl sites for hydroxylation is 1. The predicted octanol–water partition coefficient (Wildman–Crippen LogP) is 2.66. The summed E-state index contributed by atoms with van der Waals surface area (Å²) >= 11 is 0. The van der Waals surface area contributed by atoms with Crippen LogP contribution in [0.15, 0.2) is 24.3 Å². The van der Waals surface area contributed by atoms with E-state index in [1.54, 1.807) is 0 Å². The van der Waals surface area contributed by atoms with Gasteiger partial charge in [-0.05, 0) is 36.8 Å². The van der Waals surface area contributed by atoms with E-state index in [2.05, 4.69) is 36.5 Å². The Bertz CT molecular complexity index is 373. The van der Waals surface area contributed by atoms with E-state index in [0.29, 0.717) is 18.2 Å². The minimum Gasteiger partial charge on any atom is -0.373 e. The molecule has 0 saturated carbocycles. The van der Waals surface area contributed by atoms with Crippen molar-refractivity contribution in [3.8, 4) is 0 Å². The van der Waals surface area contributed by atoms with E-state index in [-0.39, 0.29) is 0 Å². The summed E-state index contributed by atoms with van der Waals surface area (Å²) in [4.78, 5) is 0. The Labute approximate surface area is 103 Å². The average Bonchev–Trinajstić information content (AvgIpc) is 2.99. The van der Waals surface area contributed by atoms with Gasteiger partial charge in [-0.2, -0.15) is 0 Å². The molecule has 2 aliphatic heterocycles. The van der Waals surface area contributed by atoms with Crippen molar-refractivity contribution < 1.29 is 4.74 Å². The van der Waals surface area contributed by atoms with Gasteiger partial charge in [0.2, 0.25) is 0 Å². The van der Waals surface area contributed by atoms with Gasteiger partial charge in [0.1, 0.15) is 0 Å². The number of nitrogens with one attached hydrogen (secondary N) is 1. The number of rotatable bonds is 4.